The number of nitrogens with zero attached hydrogens (tertiary/aromatic N) is 1. The Labute approximate surface area is 49.4 Å². The van der Waals surface area contributed by atoms with E-state index in [-0.39, 0.29) is 6.04 Å². The third-order valence-electron chi connectivity index (χ3n) is 1.56. The lowest BCUT2D eigenvalue weighted by Crippen LogP contribution is -2.30. The number of hydrogen-bond donors (Lipinski definition) is 0. The third-order valence-corrected chi connectivity index (χ3v) is 1.56. The summed E-state index contributed by atoms with van der Waals surface area (Å²) in [6.07, 6.45) is 3.04. The van der Waals surface area contributed by atoms with Crippen LogP contribution >= 0.6 is 0 Å². The van der Waals surface area contributed by atoms with E-state index in [9.17, 15) is 4.48 Å². The van der Waals surface area contributed by atoms with E-state index in [0.29, 0.717) is 6.54 Å². The molecular formula is C6H11FN. The molecule has 1 nitrogen and oxygen atoms in total. The van der Waals surface area contributed by atoms with Gasteiger partial charge in [0.05, 0.1) is 0 Å². The minimum Gasteiger partial charge on any atom is -0.143 e. The molecule has 1 fully saturated rings. The van der Waals surface area contributed by atoms with Crippen LogP contribution in [-0.2, 0) is 0 Å². The van der Waals surface area contributed by atoms with Gasteiger partial charge in [0.25, 0.3) is 0 Å². The summed E-state index contributed by atoms with van der Waals surface area (Å²) in [5, 5.41) is 0.823. The summed E-state index contributed by atoms with van der Waals surface area (Å²) in [5.74, 6) is 0. The lowest BCUT2D eigenvalue weighted by molar-refractivity contribution is -0.0263. The van der Waals surface area contributed by atoms with Gasteiger partial charge in [-0.25, -0.2) is 0 Å². The van der Waals surface area contributed by atoms with Crippen LogP contribution in [0.4, 0.5) is 4.48 Å². The van der Waals surface area contributed by atoms with E-state index in [2.05, 4.69) is 6.92 Å². The van der Waals surface area contributed by atoms with Crippen molar-refractivity contribution < 1.29 is 4.48 Å². The van der Waals surface area contributed by atoms with Crippen LogP contribution in [0, 0.1) is 6.92 Å². The first-order valence-corrected chi connectivity index (χ1v) is 3.06. The van der Waals surface area contributed by atoms with Crippen molar-refractivity contribution in [2.45, 2.75) is 25.3 Å². The second-order valence-electron chi connectivity index (χ2n) is 2.27. The minimum atomic E-state index is -0.0799. The van der Waals surface area contributed by atoms with Crippen molar-refractivity contribution in [1.82, 2.24) is 5.12 Å². The second kappa shape index (κ2) is 2.44. The number of hydrogen-bond acceptors (Lipinski definition) is 1. The molecule has 0 aromatic rings. The van der Waals surface area contributed by atoms with Gasteiger partial charge in [0.2, 0.25) is 0 Å². The van der Waals surface area contributed by atoms with E-state index in [1.54, 1.807) is 0 Å². The van der Waals surface area contributed by atoms with E-state index < -0.39 is 0 Å². The van der Waals surface area contributed by atoms with Crippen molar-refractivity contribution in [3.63, 3.8) is 0 Å². The van der Waals surface area contributed by atoms with Crippen molar-refractivity contribution >= 4 is 0 Å². The van der Waals surface area contributed by atoms with Gasteiger partial charge >= 0.3 is 0 Å². The van der Waals surface area contributed by atoms with Gasteiger partial charge < -0.3 is 0 Å². The molecule has 47 valence electrons. The van der Waals surface area contributed by atoms with Crippen molar-refractivity contribution in [3.05, 3.63) is 6.92 Å². The first kappa shape index (κ1) is 6.02. The zero-order valence-electron chi connectivity index (χ0n) is 4.94. The Morgan fingerprint density at radius 1 is 1.50 bits per heavy atom. The van der Waals surface area contributed by atoms with Crippen LogP contribution in [0.5, 0.6) is 0 Å². The molecule has 0 bridgehead atoms. The first-order chi connectivity index (χ1) is 3.80. The van der Waals surface area contributed by atoms with Crippen LogP contribution < -0.4 is 0 Å². The average molecular weight is 116 g/mol. The minimum absolute atomic E-state index is 0.0799. The monoisotopic (exact) mass is 116 g/mol. The summed E-state index contributed by atoms with van der Waals surface area (Å²) in [5.41, 5.74) is 0. The van der Waals surface area contributed by atoms with Crippen molar-refractivity contribution in [3.8, 4) is 0 Å². The fraction of sp³-hybridized carbons (Fsp3) is 0.833. The van der Waals surface area contributed by atoms with Gasteiger partial charge in [-0.05, 0) is 19.8 Å². The van der Waals surface area contributed by atoms with Gasteiger partial charge in [-0.2, -0.15) is 0 Å². The molecule has 1 aliphatic rings. The molecule has 1 radical (unpaired) electrons. The Bertz CT molecular complexity index is 64.9. The van der Waals surface area contributed by atoms with Crippen molar-refractivity contribution in [1.29, 1.82) is 0 Å². The highest BCUT2D eigenvalue weighted by atomic mass is 19.2. The van der Waals surface area contributed by atoms with Gasteiger partial charge in [-0.1, -0.05) is 6.42 Å². The smallest absolute Gasteiger partial charge is 0.0403 e. The molecule has 1 aliphatic heterocycles. The second-order valence-corrected chi connectivity index (χ2v) is 2.27. The Balaban J connectivity index is 2.28. The molecule has 8 heavy (non-hydrogen) atoms. The zero-order valence-corrected chi connectivity index (χ0v) is 4.94. The lowest BCUT2D eigenvalue weighted by Gasteiger charge is -2.24. The van der Waals surface area contributed by atoms with E-state index in [4.69, 9.17) is 0 Å². The maximum Gasteiger partial charge on any atom is 0.0403 e. The number of halogens is 1. The molecule has 1 heterocycles. The summed E-state index contributed by atoms with van der Waals surface area (Å²) >= 11 is 0. The lowest BCUT2D eigenvalue weighted by atomic mass is 10.1. The van der Waals surface area contributed by atoms with Crippen LogP contribution in [0.25, 0.3) is 0 Å². The van der Waals surface area contributed by atoms with Gasteiger partial charge in [-0.3, -0.25) is 0 Å². The highest BCUT2D eigenvalue weighted by Crippen LogP contribution is 2.15. The summed E-state index contributed by atoms with van der Waals surface area (Å²) < 4.78 is 12.3. The average Bonchev–Trinajstić information content (AvgIpc) is 1.77. The highest BCUT2D eigenvalue weighted by molar-refractivity contribution is 4.72. The molecule has 1 saturated heterocycles. The molecule has 0 saturated carbocycles. The van der Waals surface area contributed by atoms with Crippen LogP contribution in [0.15, 0.2) is 0 Å². The van der Waals surface area contributed by atoms with E-state index in [1.165, 1.54) is 0 Å². The SMILES string of the molecule is [CH2]C1CCCCN1F. The quantitative estimate of drug-likeness (QED) is 0.434. The van der Waals surface area contributed by atoms with E-state index in [1.807, 2.05) is 0 Å². The van der Waals surface area contributed by atoms with Crippen LogP contribution in [0.2, 0.25) is 0 Å². The standard InChI is InChI=1S/C6H11FN/c1-6-4-2-3-5-8(6)7/h6H,1-5H2. The van der Waals surface area contributed by atoms with E-state index >= 15 is 0 Å². The normalized spacial score (nSPS) is 33.0. The van der Waals surface area contributed by atoms with Gasteiger partial charge in [-0.15, -0.1) is 9.60 Å². The molecule has 2 heteroatoms. The number of rotatable bonds is 0. The summed E-state index contributed by atoms with van der Waals surface area (Å²) in [6, 6.07) is -0.0799. The molecule has 1 unspecified atom stereocenters. The summed E-state index contributed by atoms with van der Waals surface area (Å²) in [7, 11) is 0. The molecule has 0 spiro atoms. The number of piperidine rings is 1. The topological polar surface area (TPSA) is 3.24 Å². The maximum atomic E-state index is 12.3. The summed E-state index contributed by atoms with van der Waals surface area (Å²) in [4.78, 5) is 0. The maximum absolute atomic E-state index is 12.3. The van der Waals surface area contributed by atoms with Crippen LogP contribution in [0.1, 0.15) is 19.3 Å². The Kier molecular flexibility index (Phi) is 1.84. The molecule has 0 aromatic carbocycles. The highest BCUT2D eigenvalue weighted by Gasteiger charge is 2.16. The Hall–Kier alpha value is -0.110. The molecule has 1 rings (SSSR count). The van der Waals surface area contributed by atoms with Crippen LogP contribution in [0.3, 0.4) is 0 Å². The van der Waals surface area contributed by atoms with Crippen molar-refractivity contribution in [2.75, 3.05) is 6.54 Å². The third kappa shape index (κ3) is 1.19. The van der Waals surface area contributed by atoms with Gasteiger partial charge in [0.1, 0.15) is 0 Å². The molecule has 0 N–H and O–H groups in total. The van der Waals surface area contributed by atoms with E-state index in [0.717, 1.165) is 24.4 Å². The van der Waals surface area contributed by atoms with Gasteiger partial charge in [0, 0.05) is 12.6 Å². The van der Waals surface area contributed by atoms with Crippen LogP contribution in [-0.4, -0.2) is 17.7 Å². The Morgan fingerprint density at radius 2 is 2.25 bits per heavy atom. The first-order valence-electron chi connectivity index (χ1n) is 3.06. The molecule has 0 aliphatic carbocycles. The molecule has 0 amide bonds. The fourth-order valence-electron chi connectivity index (χ4n) is 0.965. The fourth-order valence-corrected chi connectivity index (χ4v) is 0.965. The van der Waals surface area contributed by atoms with Crippen molar-refractivity contribution in [2.24, 2.45) is 0 Å². The molecule has 1 atom stereocenters. The summed E-state index contributed by atoms with van der Waals surface area (Å²) in [6.45, 7) is 4.21. The molecular weight excluding hydrogens is 105 g/mol. The molecule has 0 aromatic heterocycles. The zero-order chi connectivity index (χ0) is 5.98. The van der Waals surface area contributed by atoms with Gasteiger partial charge in [0.15, 0.2) is 0 Å². The predicted octanol–water partition coefficient (Wildman–Crippen LogP) is 1.56. The Morgan fingerprint density at radius 3 is 2.62 bits per heavy atom. The predicted molar refractivity (Wildman–Crippen MR) is 30.8 cm³/mol. The largest absolute Gasteiger partial charge is 0.143 e.